The lowest BCUT2D eigenvalue weighted by Crippen LogP contribution is -2.39. The molecule has 0 atom stereocenters. The topological polar surface area (TPSA) is 106 Å². The number of nitrogens with one attached hydrogen (secondary N) is 2. The second-order valence-corrected chi connectivity index (χ2v) is 5.71. The van der Waals surface area contributed by atoms with Crippen LogP contribution in [0.1, 0.15) is 5.56 Å². The number of hydrogen-bond donors (Lipinski definition) is 3. The van der Waals surface area contributed by atoms with Gasteiger partial charge in [0.1, 0.15) is 12.4 Å². The zero-order chi connectivity index (χ0) is 17.9. The second-order valence-electron chi connectivity index (χ2n) is 5.71. The third-order valence-corrected chi connectivity index (χ3v) is 3.80. The van der Waals surface area contributed by atoms with Gasteiger partial charge in [0.25, 0.3) is 0 Å². The summed E-state index contributed by atoms with van der Waals surface area (Å²) in [6.45, 7) is 5.08. The molecule has 25 heavy (non-hydrogen) atoms. The van der Waals surface area contributed by atoms with Crippen LogP contribution >= 0.6 is 0 Å². The van der Waals surface area contributed by atoms with E-state index in [4.69, 9.17) is 15.2 Å². The van der Waals surface area contributed by atoms with Crippen LogP contribution in [0.25, 0.3) is 0 Å². The number of nitrogens with two attached hydrogens (primary N) is 1. The largest absolute Gasteiger partial charge is 0.492 e. The number of ether oxygens (including phenoxy) is 2. The van der Waals surface area contributed by atoms with Crippen molar-refractivity contribution in [1.29, 1.82) is 0 Å². The highest BCUT2D eigenvalue weighted by Gasteiger charge is 2.10. The lowest BCUT2D eigenvalue weighted by molar-refractivity contribution is -0.125. The van der Waals surface area contributed by atoms with E-state index in [0.717, 1.165) is 44.2 Å². The molecule has 1 aliphatic rings. The molecular formula is C17H26N4O4. The van der Waals surface area contributed by atoms with E-state index in [0.29, 0.717) is 13.2 Å². The summed E-state index contributed by atoms with van der Waals surface area (Å²) in [6, 6.07) is 7.60. The Hall–Kier alpha value is -2.16. The first-order valence-electron chi connectivity index (χ1n) is 8.42. The Kier molecular flexibility index (Phi) is 8.17. The maximum atomic E-state index is 11.7. The fourth-order valence-electron chi connectivity index (χ4n) is 2.38. The Balaban J connectivity index is 1.69. The summed E-state index contributed by atoms with van der Waals surface area (Å²) in [7, 11) is 0. The van der Waals surface area contributed by atoms with Crippen molar-refractivity contribution < 1.29 is 19.1 Å². The highest BCUT2D eigenvalue weighted by molar-refractivity contribution is 5.85. The Morgan fingerprint density at radius 2 is 2.00 bits per heavy atom. The fourth-order valence-corrected chi connectivity index (χ4v) is 2.38. The highest BCUT2D eigenvalue weighted by atomic mass is 16.5. The Labute approximate surface area is 147 Å². The molecule has 0 aromatic heterocycles. The third-order valence-electron chi connectivity index (χ3n) is 3.80. The standard InChI is InChI=1S/C17H26N4O4/c18-11-16(22)20-13-17(23)19-12-14-2-1-3-15(10-14)25-9-6-21-4-7-24-8-5-21/h1-3,10H,4-9,11-13,18H2,(H,19,23)(H,20,22). The molecule has 1 aromatic rings. The van der Waals surface area contributed by atoms with Crippen LogP contribution in [0, 0.1) is 0 Å². The van der Waals surface area contributed by atoms with Crippen molar-refractivity contribution in [3.8, 4) is 5.75 Å². The Bertz CT molecular complexity index is 561. The van der Waals surface area contributed by atoms with E-state index in [1.165, 1.54) is 0 Å². The van der Waals surface area contributed by atoms with Gasteiger partial charge in [0.2, 0.25) is 11.8 Å². The number of morpholine rings is 1. The molecule has 1 fully saturated rings. The molecule has 0 bridgehead atoms. The minimum Gasteiger partial charge on any atom is -0.492 e. The van der Waals surface area contributed by atoms with Crippen LogP contribution in [0.3, 0.4) is 0 Å². The molecule has 2 amide bonds. The molecule has 0 unspecified atom stereocenters. The van der Waals surface area contributed by atoms with Gasteiger partial charge >= 0.3 is 0 Å². The molecule has 4 N–H and O–H groups in total. The second kappa shape index (κ2) is 10.7. The number of hydrogen-bond acceptors (Lipinski definition) is 6. The number of amides is 2. The average molecular weight is 350 g/mol. The van der Waals surface area contributed by atoms with Gasteiger partial charge in [-0.15, -0.1) is 0 Å². The molecule has 2 rings (SSSR count). The molecule has 0 saturated carbocycles. The van der Waals surface area contributed by atoms with Crippen molar-refractivity contribution >= 4 is 11.8 Å². The molecule has 1 aliphatic heterocycles. The van der Waals surface area contributed by atoms with Gasteiger partial charge in [0, 0.05) is 26.2 Å². The number of rotatable bonds is 9. The minimum absolute atomic E-state index is 0.0776. The predicted octanol–water partition coefficient (Wildman–Crippen LogP) is -0.911. The zero-order valence-electron chi connectivity index (χ0n) is 14.3. The van der Waals surface area contributed by atoms with Crippen molar-refractivity contribution in [3.63, 3.8) is 0 Å². The van der Waals surface area contributed by atoms with Gasteiger partial charge in [0.15, 0.2) is 0 Å². The van der Waals surface area contributed by atoms with E-state index in [1.54, 1.807) is 0 Å². The number of nitrogens with zero attached hydrogens (tertiary/aromatic N) is 1. The van der Waals surface area contributed by atoms with Gasteiger partial charge < -0.3 is 25.8 Å². The lowest BCUT2D eigenvalue weighted by Gasteiger charge is -2.26. The summed E-state index contributed by atoms with van der Waals surface area (Å²) >= 11 is 0. The summed E-state index contributed by atoms with van der Waals surface area (Å²) in [5.74, 6) is 0.155. The summed E-state index contributed by atoms with van der Waals surface area (Å²) in [5.41, 5.74) is 6.09. The van der Waals surface area contributed by atoms with E-state index < -0.39 is 0 Å². The van der Waals surface area contributed by atoms with Crippen molar-refractivity contribution in [2.75, 3.05) is 52.5 Å². The molecule has 138 valence electrons. The molecular weight excluding hydrogens is 324 g/mol. The fraction of sp³-hybridized carbons (Fsp3) is 0.529. The van der Waals surface area contributed by atoms with Gasteiger partial charge in [-0.2, -0.15) is 0 Å². The SMILES string of the molecule is NCC(=O)NCC(=O)NCc1cccc(OCCN2CCOCC2)c1. The molecule has 1 heterocycles. The Morgan fingerprint density at radius 3 is 2.76 bits per heavy atom. The van der Waals surface area contributed by atoms with Gasteiger partial charge in [-0.1, -0.05) is 12.1 Å². The van der Waals surface area contributed by atoms with Crippen LogP contribution in [-0.4, -0.2) is 69.3 Å². The smallest absolute Gasteiger partial charge is 0.239 e. The van der Waals surface area contributed by atoms with Crippen LogP contribution in [-0.2, 0) is 20.9 Å². The third kappa shape index (κ3) is 7.51. The first-order valence-corrected chi connectivity index (χ1v) is 8.42. The maximum absolute atomic E-state index is 11.7. The number of carbonyl (C=O) groups is 2. The quantitative estimate of drug-likeness (QED) is 0.532. The highest BCUT2D eigenvalue weighted by Crippen LogP contribution is 2.13. The van der Waals surface area contributed by atoms with Gasteiger partial charge in [-0.25, -0.2) is 0 Å². The first-order chi connectivity index (χ1) is 12.2. The molecule has 8 heteroatoms. The molecule has 0 spiro atoms. The van der Waals surface area contributed by atoms with E-state index >= 15 is 0 Å². The van der Waals surface area contributed by atoms with E-state index in [9.17, 15) is 9.59 Å². The molecule has 0 aliphatic carbocycles. The summed E-state index contributed by atoms with van der Waals surface area (Å²) in [5, 5.41) is 5.17. The maximum Gasteiger partial charge on any atom is 0.239 e. The summed E-state index contributed by atoms with van der Waals surface area (Å²) < 4.78 is 11.1. The van der Waals surface area contributed by atoms with Crippen molar-refractivity contribution in [1.82, 2.24) is 15.5 Å². The molecule has 1 saturated heterocycles. The number of benzene rings is 1. The first kappa shape index (κ1) is 19.2. The monoisotopic (exact) mass is 350 g/mol. The van der Waals surface area contributed by atoms with Crippen LogP contribution < -0.4 is 21.1 Å². The minimum atomic E-state index is -0.356. The van der Waals surface area contributed by atoms with Gasteiger partial charge in [0.05, 0.1) is 26.3 Å². The van der Waals surface area contributed by atoms with Crippen LogP contribution in [0.4, 0.5) is 0 Å². The molecule has 1 aromatic carbocycles. The van der Waals surface area contributed by atoms with Crippen LogP contribution in [0.2, 0.25) is 0 Å². The van der Waals surface area contributed by atoms with Crippen LogP contribution in [0.5, 0.6) is 5.75 Å². The summed E-state index contributed by atoms with van der Waals surface area (Å²) in [4.78, 5) is 25.0. The summed E-state index contributed by atoms with van der Waals surface area (Å²) in [6.07, 6.45) is 0. The van der Waals surface area contributed by atoms with Crippen molar-refractivity contribution in [2.24, 2.45) is 5.73 Å². The number of carbonyl (C=O) groups excluding carboxylic acids is 2. The lowest BCUT2D eigenvalue weighted by atomic mass is 10.2. The van der Waals surface area contributed by atoms with Gasteiger partial charge in [-0.05, 0) is 17.7 Å². The van der Waals surface area contributed by atoms with E-state index in [1.807, 2.05) is 24.3 Å². The Morgan fingerprint density at radius 1 is 1.20 bits per heavy atom. The van der Waals surface area contributed by atoms with E-state index in [-0.39, 0.29) is 24.9 Å². The normalized spacial score (nSPS) is 14.8. The predicted molar refractivity (Wildman–Crippen MR) is 93.1 cm³/mol. The molecule has 8 nitrogen and oxygen atoms in total. The van der Waals surface area contributed by atoms with Crippen LogP contribution in [0.15, 0.2) is 24.3 Å². The van der Waals surface area contributed by atoms with Gasteiger partial charge in [-0.3, -0.25) is 14.5 Å². The average Bonchev–Trinajstić information content (AvgIpc) is 2.65. The molecule has 0 radical (unpaired) electrons. The zero-order valence-corrected chi connectivity index (χ0v) is 14.3. The van der Waals surface area contributed by atoms with Crippen molar-refractivity contribution in [2.45, 2.75) is 6.54 Å². The van der Waals surface area contributed by atoms with Crippen molar-refractivity contribution in [3.05, 3.63) is 29.8 Å². The van der Waals surface area contributed by atoms with E-state index in [2.05, 4.69) is 15.5 Å².